The number of carbonyl (C=O) groups excluding carboxylic acids is 3. The van der Waals surface area contributed by atoms with Crippen LogP contribution in [-0.4, -0.2) is 71.8 Å². The van der Waals surface area contributed by atoms with E-state index in [4.69, 9.17) is 0 Å². The van der Waals surface area contributed by atoms with Gasteiger partial charge in [-0.1, -0.05) is 12.1 Å². The summed E-state index contributed by atoms with van der Waals surface area (Å²) in [6.45, 7) is 1.44. The van der Waals surface area contributed by atoms with Crippen LogP contribution >= 0.6 is 0 Å². The van der Waals surface area contributed by atoms with E-state index < -0.39 is 23.6 Å². The summed E-state index contributed by atoms with van der Waals surface area (Å²) in [5.74, 6) is -1.21. The number of hydrogen-bond acceptors (Lipinski definition) is 5. The number of halogens is 3. The topological polar surface area (TPSA) is 94.6 Å². The highest BCUT2D eigenvalue weighted by Crippen LogP contribution is 2.34. The fourth-order valence-electron chi connectivity index (χ4n) is 3.48. The van der Waals surface area contributed by atoms with E-state index in [9.17, 15) is 27.6 Å². The van der Waals surface area contributed by atoms with Gasteiger partial charge in [0.2, 0.25) is 11.8 Å². The van der Waals surface area contributed by atoms with Gasteiger partial charge in [-0.3, -0.25) is 24.3 Å². The lowest BCUT2D eigenvalue weighted by Gasteiger charge is -2.22. The molecule has 1 aliphatic heterocycles. The monoisotopic (exact) mass is 463 g/mol. The molecule has 11 heteroatoms. The van der Waals surface area contributed by atoms with E-state index in [1.54, 1.807) is 28.1 Å². The van der Waals surface area contributed by atoms with Gasteiger partial charge in [-0.05, 0) is 30.7 Å². The number of nitrogens with one attached hydrogen (secondary N) is 2. The molecular formula is C22H24F3N5O3. The van der Waals surface area contributed by atoms with Gasteiger partial charge in [0.15, 0.2) is 0 Å². The van der Waals surface area contributed by atoms with Crippen LogP contribution in [0.1, 0.15) is 22.3 Å². The molecule has 2 heterocycles. The number of nitrogens with zero attached hydrogens (tertiary/aromatic N) is 3. The summed E-state index contributed by atoms with van der Waals surface area (Å²) in [5, 5.41) is 4.90. The van der Waals surface area contributed by atoms with Crippen molar-refractivity contribution in [2.45, 2.75) is 12.6 Å². The molecule has 3 rings (SSSR count). The zero-order chi connectivity index (χ0) is 23.8. The van der Waals surface area contributed by atoms with Crippen LogP contribution in [0.25, 0.3) is 0 Å². The van der Waals surface area contributed by atoms with Crippen molar-refractivity contribution in [2.24, 2.45) is 0 Å². The zero-order valence-corrected chi connectivity index (χ0v) is 17.8. The van der Waals surface area contributed by atoms with Gasteiger partial charge in [0, 0.05) is 38.6 Å². The molecule has 0 saturated carbocycles. The smallest absolute Gasteiger partial charge is 0.343 e. The molecule has 176 valence electrons. The maximum Gasteiger partial charge on any atom is 0.418 e. The van der Waals surface area contributed by atoms with Crippen LogP contribution < -0.4 is 10.6 Å². The molecule has 1 saturated heterocycles. The summed E-state index contributed by atoms with van der Waals surface area (Å²) < 4.78 is 39.3. The molecule has 0 radical (unpaired) electrons. The minimum Gasteiger partial charge on any atom is -0.343 e. The number of para-hydroxylation sites is 1. The second kappa shape index (κ2) is 10.9. The number of benzene rings is 1. The number of rotatable bonds is 6. The van der Waals surface area contributed by atoms with Gasteiger partial charge in [0.25, 0.3) is 5.91 Å². The molecule has 0 bridgehead atoms. The lowest BCUT2D eigenvalue weighted by Crippen LogP contribution is -2.42. The Bertz CT molecular complexity index is 985. The lowest BCUT2D eigenvalue weighted by atomic mass is 10.1. The van der Waals surface area contributed by atoms with E-state index in [1.165, 1.54) is 24.4 Å². The Morgan fingerprint density at radius 2 is 1.79 bits per heavy atom. The van der Waals surface area contributed by atoms with Crippen molar-refractivity contribution >= 4 is 23.4 Å². The lowest BCUT2D eigenvalue weighted by molar-refractivity contribution is -0.137. The Labute approximate surface area is 188 Å². The minimum absolute atomic E-state index is 0.0913. The predicted molar refractivity (Wildman–Crippen MR) is 114 cm³/mol. The quantitative estimate of drug-likeness (QED) is 0.684. The molecule has 2 aromatic rings. The van der Waals surface area contributed by atoms with E-state index in [0.717, 1.165) is 6.07 Å². The molecule has 0 unspecified atom stereocenters. The molecule has 33 heavy (non-hydrogen) atoms. The average Bonchev–Trinajstić information content (AvgIpc) is 3.03. The van der Waals surface area contributed by atoms with Crippen molar-refractivity contribution < 1.29 is 27.6 Å². The highest BCUT2D eigenvalue weighted by Gasteiger charge is 2.33. The zero-order valence-electron chi connectivity index (χ0n) is 17.8. The molecule has 0 spiro atoms. The average molecular weight is 463 g/mol. The molecule has 1 aromatic carbocycles. The number of amides is 3. The van der Waals surface area contributed by atoms with Gasteiger partial charge in [-0.25, -0.2) is 0 Å². The Morgan fingerprint density at radius 3 is 2.52 bits per heavy atom. The van der Waals surface area contributed by atoms with Crippen molar-refractivity contribution in [1.82, 2.24) is 20.1 Å². The second-order valence-corrected chi connectivity index (χ2v) is 7.53. The molecule has 2 N–H and O–H groups in total. The van der Waals surface area contributed by atoms with Crippen LogP contribution in [0.5, 0.6) is 0 Å². The first-order valence-corrected chi connectivity index (χ1v) is 10.4. The summed E-state index contributed by atoms with van der Waals surface area (Å²) in [6.07, 6.45) is -1.03. The molecule has 1 aliphatic rings. The first-order chi connectivity index (χ1) is 15.7. The molecule has 1 aromatic heterocycles. The van der Waals surface area contributed by atoms with Crippen molar-refractivity contribution in [1.29, 1.82) is 0 Å². The van der Waals surface area contributed by atoms with Crippen molar-refractivity contribution in [3.8, 4) is 0 Å². The minimum atomic E-state index is -4.57. The Hall–Kier alpha value is -3.47. The number of aromatic nitrogens is 1. The maximum absolute atomic E-state index is 13.1. The molecule has 1 fully saturated rings. The standard InChI is InChI=1S/C22H24F3N5O3/c23-22(24,25)17-6-1-2-7-18(17)28-19(31)15-29-9-4-10-30(12-11-29)20(32)14-27-21(33)16-5-3-8-26-13-16/h1-3,5-8,13H,4,9-12,14-15H2,(H,27,33)(H,28,31). The number of hydrogen-bond donors (Lipinski definition) is 2. The molecule has 0 aliphatic carbocycles. The number of alkyl halides is 3. The molecule has 0 atom stereocenters. The summed E-state index contributed by atoms with van der Waals surface area (Å²) in [6, 6.07) is 8.03. The van der Waals surface area contributed by atoms with E-state index in [2.05, 4.69) is 15.6 Å². The van der Waals surface area contributed by atoms with Crippen LogP contribution in [0.3, 0.4) is 0 Å². The normalized spacial score (nSPS) is 14.9. The number of carbonyl (C=O) groups is 3. The number of anilines is 1. The summed E-state index contributed by atoms with van der Waals surface area (Å²) in [7, 11) is 0. The Balaban J connectivity index is 1.47. The van der Waals surface area contributed by atoms with E-state index in [-0.39, 0.29) is 24.7 Å². The van der Waals surface area contributed by atoms with E-state index in [1.807, 2.05) is 0 Å². The SMILES string of the molecule is O=C(CN1CCCN(C(=O)CNC(=O)c2cccnc2)CC1)Nc1ccccc1C(F)(F)F. The Morgan fingerprint density at radius 1 is 1.00 bits per heavy atom. The van der Waals surface area contributed by atoms with Gasteiger partial charge in [0.1, 0.15) is 0 Å². The van der Waals surface area contributed by atoms with E-state index >= 15 is 0 Å². The van der Waals surface area contributed by atoms with Crippen LogP contribution in [0.15, 0.2) is 48.8 Å². The predicted octanol–water partition coefficient (Wildman–Crippen LogP) is 2.00. The summed E-state index contributed by atoms with van der Waals surface area (Å²) >= 11 is 0. The van der Waals surface area contributed by atoms with Crippen molar-refractivity contribution in [3.63, 3.8) is 0 Å². The fourth-order valence-corrected chi connectivity index (χ4v) is 3.48. The van der Waals surface area contributed by atoms with Gasteiger partial charge >= 0.3 is 6.18 Å². The summed E-state index contributed by atoms with van der Waals surface area (Å²) in [4.78, 5) is 44.1. The second-order valence-electron chi connectivity index (χ2n) is 7.53. The third-order valence-corrected chi connectivity index (χ3v) is 5.14. The van der Waals surface area contributed by atoms with Crippen molar-refractivity contribution in [2.75, 3.05) is 44.6 Å². The highest BCUT2D eigenvalue weighted by atomic mass is 19.4. The van der Waals surface area contributed by atoms with E-state index in [0.29, 0.717) is 38.2 Å². The van der Waals surface area contributed by atoms with Crippen LogP contribution in [0.4, 0.5) is 18.9 Å². The van der Waals surface area contributed by atoms with Gasteiger partial charge in [-0.15, -0.1) is 0 Å². The Kier molecular flexibility index (Phi) is 7.99. The van der Waals surface area contributed by atoms with Crippen LogP contribution in [0.2, 0.25) is 0 Å². The molecule has 3 amide bonds. The van der Waals surface area contributed by atoms with Gasteiger partial charge < -0.3 is 15.5 Å². The number of pyridine rings is 1. The van der Waals surface area contributed by atoms with Gasteiger partial charge in [0.05, 0.1) is 29.9 Å². The third-order valence-electron chi connectivity index (χ3n) is 5.14. The van der Waals surface area contributed by atoms with Crippen molar-refractivity contribution in [3.05, 3.63) is 59.9 Å². The fraction of sp³-hybridized carbons (Fsp3) is 0.364. The summed E-state index contributed by atoms with van der Waals surface area (Å²) in [5.41, 5.74) is -0.837. The molecular weight excluding hydrogens is 439 g/mol. The largest absolute Gasteiger partial charge is 0.418 e. The maximum atomic E-state index is 13.1. The first-order valence-electron chi connectivity index (χ1n) is 10.4. The highest BCUT2D eigenvalue weighted by molar-refractivity contribution is 5.96. The first kappa shape index (κ1) is 24.2. The van der Waals surface area contributed by atoms with Crippen LogP contribution in [0, 0.1) is 0 Å². The van der Waals surface area contributed by atoms with Gasteiger partial charge in [-0.2, -0.15) is 13.2 Å². The third kappa shape index (κ3) is 7.01. The van der Waals surface area contributed by atoms with Crippen LogP contribution in [-0.2, 0) is 15.8 Å². The molecule has 8 nitrogen and oxygen atoms in total.